The molecule has 0 saturated heterocycles. The third-order valence-electron chi connectivity index (χ3n) is 3.94. The number of nitrogens with zero attached hydrogens (tertiary/aromatic N) is 1. The lowest BCUT2D eigenvalue weighted by atomic mass is 9.97. The molecule has 0 aromatic carbocycles. The largest absolute Gasteiger partial charge is 0.465 e. The minimum atomic E-state index is -0.417. The van der Waals surface area contributed by atoms with E-state index in [9.17, 15) is 4.79 Å². The minimum absolute atomic E-state index is 0.130. The first kappa shape index (κ1) is 19.0. The summed E-state index contributed by atoms with van der Waals surface area (Å²) in [5.74, 6) is 1.01. The van der Waals surface area contributed by atoms with Crippen molar-refractivity contribution in [3.05, 3.63) is 0 Å². The van der Waals surface area contributed by atoms with Gasteiger partial charge in [0, 0.05) is 19.4 Å². The number of ether oxygens (including phenoxy) is 1. The summed E-state index contributed by atoms with van der Waals surface area (Å²) in [6.07, 6.45) is 9.75. The fraction of sp³-hybridized carbons (Fsp3) is 0.889. The Labute approximate surface area is 136 Å². The molecule has 1 heterocycles. The molecule has 0 saturated carbocycles. The van der Waals surface area contributed by atoms with Gasteiger partial charge < -0.3 is 10.1 Å². The van der Waals surface area contributed by atoms with Crippen molar-refractivity contribution < 1.29 is 9.53 Å². The van der Waals surface area contributed by atoms with Crippen molar-refractivity contribution in [2.75, 3.05) is 13.2 Å². The molecule has 0 bridgehead atoms. The third kappa shape index (κ3) is 7.81. The Morgan fingerprint density at radius 3 is 2.59 bits per heavy atom. The number of hydrogen-bond acceptors (Lipinski definition) is 4. The van der Waals surface area contributed by atoms with E-state index >= 15 is 0 Å². The van der Waals surface area contributed by atoms with Gasteiger partial charge in [-0.3, -0.25) is 9.79 Å². The summed E-state index contributed by atoms with van der Waals surface area (Å²) >= 11 is 0. The Morgan fingerprint density at radius 2 is 1.91 bits per heavy atom. The molecule has 0 radical (unpaired) electrons. The summed E-state index contributed by atoms with van der Waals surface area (Å²) in [6, 6.07) is 0.267. The lowest BCUT2D eigenvalue weighted by Gasteiger charge is -2.17. The molecule has 128 valence electrons. The lowest BCUT2D eigenvalue weighted by Crippen LogP contribution is -2.25. The Bertz CT molecular complexity index is 359. The molecule has 4 heteroatoms. The predicted molar refractivity (Wildman–Crippen MR) is 92.2 cm³/mol. The molecule has 1 N–H and O–H groups in total. The topological polar surface area (TPSA) is 50.7 Å². The fourth-order valence-electron chi connectivity index (χ4n) is 2.44. The standard InChI is InChI=1S/C18H34N2O2/c1-5-6-7-8-9-10-11-16-19-14-15(20-16)12-13-22-17(21)18(2,3)4/h15H,5-14H2,1-4H3,(H,19,20). The van der Waals surface area contributed by atoms with Crippen molar-refractivity contribution in [3.8, 4) is 0 Å². The summed E-state index contributed by atoms with van der Waals surface area (Å²) in [4.78, 5) is 16.4. The van der Waals surface area contributed by atoms with E-state index < -0.39 is 5.41 Å². The Hall–Kier alpha value is -1.06. The van der Waals surface area contributed by atoms with Gasteiger partial charge in [-0.1, -0.05) is 39.0 Å². The van der Waals surface area contributed by atoms with Crippen molar-refractivity contribution in [1.29, 1.82) is 0 Å². The number of unbranched alkanes of at least 4 members (excludes halogenated alkanes) is 5. The Morgan fingerprint density at radius 1 is 1.23 bits per heavy atom. The molecule has 22 heavy (non-hydrogen) atoms. The smallest absolute Gasteiger partial charge is 0.311 e. The Balaban J connectivity index is 2.10. The van der Waals surface area contributed by atoms with Crippen molar-refractivity contribution in [2.24, 2.45) is 10.4 Å². The summed E-state index contributed by atoms with van der Waals surface area (Å²) in [7, 11) is 0. The highest BCUT2D eigenvalue weighted by Crippen LogP contribution is 2.16. The summed E-state index contributed by atoms with van der Waals surface area (Å²) < 4.78 is 5.30. The summed E-state index contributed by atoms with van der Waals surface area (Å²) in [5, 5.41) is 3.39. The van der Waals surface area contributed by atoms with Crippen LogP contribution in [-0.4, -0.2) is 31.0 Å². The van der Waals surface area contributed by atoms with Gasteiger partial charge in [0.1, 0.15) is 0 Å². The van der Waals surface area contributed by atoms with E-state index in [4.69, 9.17) is 9.73 Å². The summed E-state index contributed by atoms with van der Waals surface area (Å²) in [5.41, 5.74) is -0.417. The van der Waals surface area contributed by atoms with Crippen molar-refractivity contribution in [3.63, 3.8) is 0 Å². The maximum Gasteiger partial charge on any atom is 0.311 e. The average Bonchev–Trinajstić information content (AvgIpc) is 2.89. The molecule has 0 fully saturated rings. The molecule has 0 amide bonds. The lowest BCUT2D eigenvalue weighted by molar-refractivity contribution is -0.153. The van der Waals surface area contributed by atoms with Crippen LogP contribution in [0.5, 0.6) is 0 Å². The quantitative estimate of drug-likeness (QED) is 0.488. The molecule has 1 rings (SSSR count). The second kappa shape index (κ2) is 9.86. The van der Waals surface area contributed by atoms with Gasteiger partial charge in [0.15, 0.2) is 0 Å². The third-order valence-corrected chi connectivity index (χ3v) is 3.94. The Kier molecular flexibility index (Phi) is 8.51. The number of aliphatic imine (C=N–C) groups is 1. The highest BCUT2D eigenvalue weighted by molar-refractivity contribution is 5.83. The molecule has 1 aliphatic rings. The van der Waals surface area contributed by atoms with E-state index in [0.29, 0.717) is 6.61 Å². The fourth-order valence-corrected chi connectivity index (χ4v) is 2.44. The first-order valence-corrected chi connectivity index (χ1v) is 8.91. The number of nitrogens with one attached hydrogen (secondary N) is 1. The molecule has 1 aliphatic heterocycles. The second-order valence-corrected chi connectivity index (χ2v) is 7.30. The van der Waals surface area contributed by atoms with Crippen LogP contribution in [0.15, 0.2) is 4.99 Å². The van der Waals surface area contributed by atoms with Gasteiger partial charge in [-0.05, 0) is 27.2 Å². The van der Waals surface area contributed by atoms with Gasteiger partial charge in [-0.15, -0.1) is 0 Å². The van der Waals surface area contributed by atoms with Gasteiger partial charge in [0.25, 0.3) is 0 Å². The minimum Gasteiger partial charge on any atom is -0.465 e. The van der Waals surface area contributed by atoms with Gasteiger partial charge >= 0.3 is 5.97 Å². The van der Waals surface area contributed by atoms with Crippen LogP contribution < -0.4 is 5.32 Å². The van der Waals surface area contributed by atoms with E-state index in [-0.39, 0.29) is 12.0 Å². The van der Waals surface area contributed by atoms with Crippen LogP contribution in [-0.2, 0) is 9.53 Å². The number of esters is 1. The van der Waals surface area contributed by atoms with Crippen LogP contribution in [0.4, 0.5) is 0 Å². The zero-order valence-electron chi connectivity index (χ0n) is 14.9. The van der Waals surface area contributed by atoms with Crippen molar-refractivity contribution in [1.82, 2.24) is 5.32 Å². The molecule has 4 nitrogen and oxygen atoms in total. The van der Waals surface area contributed by atoms with Crippen LogP contribution >= 0.6 is 0 Å². The first-order chi connectivity index (χ1) is 10.4. The normalized spacial score (nSPS) is 18.0. The van der Waals surface area contributed by atoms with E-state index in [2.05, 4.69) is 12.2 Å². The molecule has 0 aromatic heterocycles. The van der Waals surface area contributed by atoms with E-state index in [1.54, 1.807) is 0 Å². The number of hydrogen-bond donors (Lipinski definition) is 1. The zero-order chi connectivity index (χ0) is 16.4. The van der Waals surface area contributed by atoms with Gasteiger partial charge in [-0.25, -0.2) is 0 Å². The summed E-state index contributed by atoms with van der Waals surface area (Å²) in [6.45, 7) is 9.24. The molecule has 0 aromatic rings. The number of carbonyl (C=O) groups is 1. The van der Waals surface area contributed by atoms with Crippen molar-refractivity contribution in [2.45, 2.75) is 85.1 Å². The molecule has 0 aliphatic carbocycles. The van der Waals surface area contributed by atoms with Crippen molar-refractivity contribution >= 4 is 11.8 Å². The molecule has 0 spiro atoms. The average molecular weight is 310 g/mol. The highest BCUT2D eigenvalue weighted by Gasteiger charge is 2.23. The first-order valence-electron chi connectivity index (χ1n) is 8.91. The number of amidine groups is 1. The predicted octanol–water partition coefficient (Wildman–Crippen LogP) is 4.09. The molecular formula is C18H34N2O2. The molecular weight excluding hydrogens is 276 g/mol. The second-order valence-electron chi connectivity index (χ2n) is 7.30. The SMILES string of the molecule is CCCCCCCCC1=NC(CCOC(=O)C(C)(C)C)CN1. The van der Waals surface area contributed by atoms with E-state index in [1.807, 2.05) is 20.8 Å². The van der Waals surface area contributed by atoms with Gasteiger partial charge in [0.05, 0.1) is 23.9 Å². The number of rotatable bonds is 10. The van der Waals surface area contributed by atoms with Crippen LogP contribution in [0.3, 0.4) is 0 Å². The van der Waals surface area contributed by atoms with Crippen LogP contribution in [0, 0.1) is 5.41 Å². The highest BCUT2D eigenvalue weighted by atomic mass is 16.5. The number of carbonyl (C=O) groups excluding carboxylic acids is 1. The monoisotopic (exact) mass is 310 g/mol. The van der Waals surface area contributed by atoms with Crippen LogP contribution in [0.25, 0.3) is 0 Å². The molecule has 1 unspecified atom stereocenters. The maximum absolute atomic E-state index is 11.7. The van der Waals surface area contributed by atoms with E-state index in [1.165, 1.54) is 38.5 Å². The maximum atomic E-state index is 11.7. The van der Waals surface area contributed by atoms with Gasteiger partial charge in [-0.2, -0.15) is 0 Å². The zero-order valence-corrected chi connectivity index (χ0v) is 14.9. The molecule has 1 atom stereocenters. The van der Waals surface area contributed by atoms with Crippen LogP contribution in [0.1, 0.15) is 79.1 Å². The van der Waals surface area contributed by atoms with Crippen LogP contribution in [0.2, 0.25) is 0 Å². The van der Waals surface area contributed by atoms with Gasteiger partial charge in [0.2, 0.25) is 0 Å². The van der Waals surface area contributed by atoms with E-state index in [0.717, 1.165) is 25.2 Å².